The van der Waals surface area contributed by atoms with Crippen LogP contribution in [-0.4, -0.2) is 44.8 Å². The summed E-state index contributed by atoms with van der Waals surface area (Å²) >= 11 is 1.24. The van der Waals surface area contributed by atoms with Crippen LogP contribution in [-0.2, 0) is 21.4 Å². The zero-order valence-electron chi connectivity index (χ0n) is 16.3. The normalized spacial score (nSPS) is 11.4. The fourth-order valence-electron chi connectivity index (χ4n) is 2.73. The average Bonchev–Trinajstić information content (AvgIpc) is 2.98. The number of aromatic nitrogens is 2. The Morgan fingerprint density at radius 2 is 1.79 bits per heavy atom. The minimum absolute atomic E-state index is 0.235. The third-order valence-electron chi connectivity index (χ3n) is 3.92. The van der Waals surface area contributed by atoms with Crippen molar-refractivity contribution in [2.45, 2.75) is 13.5 Å². The summed E-state index contributed by atoms with van der Waals surface area (Å²) in [6.07, 6.45) is 1.07. The Labute approximate surface area is 172 Å². The molecule has 1 aromatic carbocycles. The molecule has 0 fully saturated rings. The fourth-order valence-corrected chi connectivity index (χ4v) is 4.38. The monoisotopic (exact) mass is 436 g/mol. The van der Waals surface area contributed by atoms with Gasteiger partial charge >= 0.3 is 0 Å². The first-order valence-corrected chi connectivity index (χ1v) is 11.1. The average molecular weight is 437 g/mol. The first kappa shape index (κ1) is 21.0. The molecular weight excluding hydrogens is 416 g/mol. The topological polar surface area (TPSA) is 120 Å². The molecular formula is C18H20N4O5S2. The SMILES string of the molecule is COCc1nc(OC)c2c(C)c(C(=O)Nc3ccc(NS(C)(=O)=O)cc3)sc2n1. The van der Waals surface area contributed by atoms with E-state index in [1.807, 2.05) is 6.92 Å². The highest BCUT2D eigenvalue weighted by atomic mass is 32.2. The highest BCUT2D eigenvalue weighted by Gasteiger charge is 2.21. The molecule has 0 saturated heterocycles. The first-order chi connectivity index (χ1) is 13.7. The standard InChI is InChI=1S/C18H20N4O5S2/c1-10-14-17(27-3)20-13(9-26-2)21-18(14)28-15(10)16(23)19-11-5-7-12(8-6-11)22-29(4,24)25/h5-8,22H,9H2,1-4H3,(H,19,23). The lowest BCUT2D eigenvalue weighted by atomic mass is 10.2. The minimum atomic E-state index is -3.36. The minimum Gasteiger partial charge on any atom is -0.480 e. The third-order valence-corrected chi connectivity index (χ3v) is 5.71. The van der Waals surface area contributed by atoms with Crippen LogP contribution in [0, 0.1) is 6.92 Å². The van der Waals surface area contributed by atoms with Gasteiger partial charge in [0.05, 0.1) is 23.6 Å². The van der Waals surface area contributed by atoms with Crippen LogP contribution in [0.15, 0.2) is 24.3 Å². The van der Waals surface area contributed by atoms with Gasteiger partial charge in [-0.05, 0) is 36.8 Å². The van der Waals surface area contributed by atoms with Crippen molar-refractivity contribution in [1.29, 1.82) is 0 Å². The zero-order chi connectivity index (χ0) is 21.2. The molecule has 0 unspecified atom stereocenters. The highest BCUT2D eigenvalue weighted by Crippen LogP contribution is 2.35. The molecule has 3 aromatic rings. The van der Waals surface area contributed by atoms with Gasteiger partial charge in [-0.3, -0.25) is 9.52 Å². The molecule has 11 heteroatoms. The molecule has 2 N–H and O–H groups in total. The third kappa shape index (κ3) is 4.81. The molecule has 0 aliphatic rings. The number of benzene rings is 1. The number of ether oxygens (including phenoxy) is 2. The Balaban J connectivity index is 1.88. The van der Waals surface area contributed by atoms with Crippen LogP contribution in [0.4, 0.5) is 11.4 Å². The van der Waals surface area contributed by atoms with Crippen LogP contribution in [0.2, 0.25) is 0 Å². The van der Waals surface area contributed by atoms with Crippen molar-refractivity contribution < 1.29 is 22.7 Å². The molecule has 9 nitrogen and oxygen atoms in total. The van der Waals surface area contributed by atoms with E-state index in [0.717, 1.165) is 11.8 Å². The lowest BCUT2D eigenvalue weighted by Gasteiger charge is -2.07. The number of hydrogen-bond acceptors (Lipinski definition) is 8. The van der Waals surface area contributed by atoms with Gasteiger partial charge in [0.15, 0.2) is 5.82 Å². The summed E-state index contributed by atoms with van der Waals surface area (Å²) in [6.45, 7) is 2.05. The number of methoxy groups -OCH3 is 2. The summed E-state index contributed by atoms with van der Waals surface area (Å²) in [6, 6.07) is 6.37. The number of nitrogens with zero attached hydrogens (tertiary/aromatic N) is 2. The van der Waals surface area contributed by atoms with Crippen LogP contribution in [0.25, 0.3) is 10.2 Å². The summed E-state index contributed by atoms with van der Waals surface area (Å²) in [4.78, 5) is 22.7. The predicted octanol–water partition coefficient (Wildman–Crippen LogP) is 2.78. The van der Waals surface area contributed by atoms with E-state index in [4.69, 9.17) is 9.47 Å². The molecule has 29 heavy (non-hydrogen) atoms. The Bertz CT molecular complexity index is 1160. The molecule has 0 spiro atoms. The van der Waals surface area contributed by atoms with Gasteiger partial charge in [0, 0.05) is 18.5 Å². The number of amides is 1. The lowest BCUT2D eigenvalue weighted by Crippen LogP contribution is -2.12. The molecule has 1 amide bonds. The molecule has 0 aliphatic carbocycles. The van der Waals surface area contributed by atoms with Gasteiger partial charge < -0.3 is 14.8 Å². The van der Waals surface area contributed by atoms with Crippen LogP contribution in [0.5, 0.6) is 5.88 Å². The van der Waals surface area contributed by atoms with Crippen molar-refractivity contribution in [3.05, 3.63) is 40.5 Å². The van der Waals surface area contributed by atoms with Gasteiger partial charge in [0.1, 0.15) is 11.4 Å². The number of carbonyl (C=O) groups excluding carboxylic acids is 1. The molecule has 0 aliphatic heterocycles. The maximum atomic E-state index is 12.8. The number of carbonyl (C=O) groups is 1. The number of aryl methyl sites for hydroxylation is 1. The van der Waals surface area contributed by atoms with Crippen molar-refractivity contribution in [2.24, 2.45) is 0 Å². The van der Waals surface area contributed by atoms with Crippen LogP contribution < -0.4 is 14.8 Å². The largest absolute Gasteiger partial charge is 0.480 e. The number of thiophene rings is 1. The first-order valence-electron chi connectivity index (χ1n) is 8.44. The molecule has 2 heterocycles. The van der Waals surface area contributed by atoms with E-state index in [1.165, 1.54) is 18.4 Å². The predicted molar refractivity (Wildman–Crippen MR) is 112 cm³/mol. The van der Waals surface area contributed by atoms with Crippen molar-refractivity contribution in [3.63, 3.8) is 0 Å². The maximum Gasteiger partial charge on any atom is 0.266 e. The number of hydrogen-bond donors (Lipinski definition) is 2. The van der Waals surface area contributed by atoms with E-state index in [9.17, 15) is 13.2 Å². The van der Waals surface area contributed by atoms with Crippen molar-refractivity contribution >= 4 is 48.9 Å². The summed E-state index contributed by atoms with van der Waals surface area (Å²) in [5.41, 5.74) is 1.66. The second-order valence-corrected chi connectivity index (χ2v) is 8.97. The number of sulfonamides is 1. The van der Waals surface area contributed by atoms with E-state index >= 15 is 0 Å². The van der Waals surface area contributed by atoms with Gasteiger partial charge in [-0.15, -0.1) is 11.3 Å². The molecule has 0 saturated carbocycles. The molecule has 0 bridgehead atoms. The molecule has 0 radical (unpaired) electrons. The van der Waals surface area contributed by atoms with Gasteiger partial charge in [0.25, 0.3) is 5.91 Å². The second-order valence-electron chi connectivity index (χ2n) is 6.22. The van der Waals surface area contributed by atoms with Gasteiger partial charge in [-0.25, -0.2) is 13.4 Å². The Morgan fingerprint density at radius 3 is 2.38 bits per heavy atom. The summed E-state index contributed by atoms with van der Waals surface area (Å²) in [5, 5.41) is 3.50. The maximum absolute atomic E-state index is 12.8. The van der Waals surface area contributed by atoms with E-state index in [2.05, 4.69) is 20.0 Å². The Hall–Kier alpha value is -2.76. The Morgan fingerprint density at radius 1 is 1.14 bits per heavy atom. The summed E-state index contributed by atoms with van der Waals surface area (Å²) < 4.78 is 35.4. The van der Waals surface area contributed by atoms with Crippen LogP contribution in [0.1, 0.15) is 21.1 Å². The molecule has 3 rings (SSSR count). The van der Waals surface area contributed by atoms with E-state index in [1.54, 1.807) is 31.4 Å². The number of fused-ring (bicyclic) bond motifs is 1. The van der Waals surface area contributed by atoms with Crippen molar-refractivity contribution in [1.82, 2.24) is 9.97 Å². The highest BCUT2D eigenvalue weighted by molar-refractivity contribution is 7.92. The fraction of sp³-hybridized carbons (Fsp3) is 0.278. The summed E-state index contributed by atoms with van der Waals surface area (Å²) in [7, 11) is -0.294. The number of rotatable bonds is 7. The van der Waals surface area contributed by atoms with E-state index < -0.39 is 10.0 Å². The number of anilines is 2. The Kier molecular flexibility index (Phi) is 6.01. The molecule has 2 aromatic heterocycles. The van der Waals surface area contributed by atoms with Gasteiger partial charge in [0.2, 0.25) is 15.9 Å². The van der Waals surface area contributed by atoms with Gasteiger partial charge in [-0.2, -0.15) is 4.98 Å². The zero-order valence-corrected chi connectivity index (χ0v) is 17.9. The summed E-state index contributed by atoms with van der Waals surface area (Å²) in [5.74, 6) is 0.565. The molecule has 0 atom stereocenters. The quantitative estimate of drug-likeness (QED) is 0.584. The second kappa shape index (κ2) is 8.31. The van der Waals surface area contributed by atoms with Crippen LogP contribution in [0.3, 0.4) is 0 Å². The number of nitrogens with one attached hydrogen (secondary N) is 2. The van der Waals surface area contributed by atoms with Crippen LogP contribution >= 0.6 is 11.3 Å². The smallest absolute Gasteiger partial charge is 0.266 e. The van der Waals surface area contributed by atoms with Gasteiger partial charge in [-0.1, -0.05) is 0 Å². The van der Waals surface area contributed by atoms with Crippen molar-refractivity contribution in [2.75, 3.05) is 30.5 Å². The van der Waals surface area contributed by atoms with E-state index in [0.29, 0.717) is 38.2 Å². The van der Waals surface area contributed by atoms with E-state index in [-0.39, 0.29) is 12.5 Å². The lowest BCUT2D eigenvalue weighted by molar-refractivity contribution is 0.103. The van der Waals surface area contributed by atoms with Crippen molar-refractivity contribution in [3.8, 4) is 5.88 Å². The molecule has 154 valence electrons.